The predicted octanol–water partition coefficient (Wildman–Crippen LogP) is 1.04. The zero-order valence-corrected chi connectivity index (χ0v) is 18.2. The molecule has 2 amide bonds. The van der Waals surface area contributed by atoms with Gasteiger partial charge in [-0.15, -0.1) is 24.0 Å². The van der Waals surface area contributed by atoms with Crippen molar-refractivity contribution in [2.75, 3.05) is 26.7 Å². The smallest absolute Gasteiger partial charge is 0.242 e. The van der Waals surface area contributed by atoms with Gasteiger partial charge in [-0.1, -0.05) is 0 Å². The second-order valence-corrected chi connectivity index (χ2v) is 7.15. The molecule has 0 aromatic rings. The quantitative estimate of drug-likeness (QED) is 0.379. The van der Waals surface area contributed by atoms with Gasteiger partial charge >= 0.3 is 0 Å². The third kappa shape index (κ3) is 6.10. The van der Waals surface area contributed by atoms with Gasteiger partial charge in [0.05, 0.1) is 18.6 Å². The lowest BCUT2D eigenvalue weighted by atomic mass is 9.96. The summed E-state index contributed by atoms with van der Waals surface area (Å²) in [6.45, 7) is 13.1. The van der Waals surface area contributed by atoms with Crippen LogP contribution in [0.3, 0.4) is 0 Å². The molecule has 0 saturated carbocycles. The maximum Gasteiger partial charge on any atom is 0.242 e. The van der Waals surface area contributed by atoms with Crippen LogP contribution in [0.4, 0.5) is 0 Å². The Bertz CT molecular complexity index is 477. The van der Waals surface area contributed by atoms with Crippen LogP contribution in [0.5, 0.6) is 0 Å². The Morgan fingerprint density at radius 1 is 1.29 bits per heavy atom. The van der Waals surface area contributed by atoms with E-state index in [0.717, 1.165) is 0 Å². The van der Waals surface area contributed by atoms with E-state index in [1.54, 1.807) is 7.05 Å². The molecule has 0 spiro atoms. The average molecular weight is 453 g/mol. The molecule has 1 heterocycles. The Morgan fingerprint density at radius 3 is 2.29 bits per heavy atom. The number of halogens is 1. The lowest BCUT2D eigenvalue weighted by Gasteiger charge is -2.49. The van der Waals surface area contributed by atoms with Crippen LogP contribution in [0, 0.1) is 0 Å². The molecule has 8 heteroatoms. The van der Waals surface area contributed by atoms with Gasteiger partial charge in [-0.05, 0) is 41.5 Å². The second kappa shape index (κ2) is 9.43. The molecule has 0 aromatic heterocycles. The zero-order valence-electron chi connectivity index (χ0n) is 15.8. The number of carbonyl (C=O) groups excluding carboxylic acids is 2. The lowest BCUT2D eigenvalue weighted by molar-refractivity contribution is -0.145. The standard InChI is InChI=1S/C16H31N5O2.HI/c1-11(2)19-13(22)8-18-15(17-7)20-9-14(23)21(12(3)4)16(5,6)10-20;/h11-12H,8-10H2,1-7H3,(H,17,18)(H,19,22);1H. The fourth-order valence-electron chi connectivity index (χ4n) is 3.18. The largest absolute Gasteiger partial charge is 0.352 e. The summed E-state index contributed by atoms with van der Waals surface area (Å²) in [4.78, 5) is 32.3. The Morgan fingerprint density at radius 2 is 1.88 bits per heavy atom. The van der Waals surface area contributed by atoms with E-state index in [9.17, 15) is 9.59 Å². The number of hydrogen-bond acceptors (Lipinski definition) is 3. The third-order valence-corrected chi connectivity index (χ3v) is 3.71. The minimum Gasteiger partial charge on any atom is -0.352 e. The second-order valence-electron chi connectivity index (χ2n) is 7.15. The summed E-state index contributed by atoms with van der Waals surface area (Å²) in [7, 11) is 1.66. The van der Waals surface area contributed by atoms with E-state index in [-0.39, 0.29) is 66.5 Å². The molecule has 1 rings (SSSR count). The first kappa shape index (κ1) is 22.9. The molecule has 1 saturated heterocycles. The topological polar surface area (TPSA) is 77.0 Å². The number of nitrogens with one attached hydrogen (secondary N) is 2. The van der Waals surface area contributed by atoms with Crippen molar-refractivity contribution < 1.29 is 9.59 Å². The first-order valence-electron chi connectivity index (χ1n) is 8.15. The van der Waals surface area contributed by atoms with Gasteiger partial charge in [-0.3, -0.25) is 14.6 Å². The van der Waals surface area contributed by atoms with Crippen molar-refractivity contribution in [2.45, 2.75) is 59.2 Å². The summed E-state index contributed by atoms with van der Waals surface area (Å²) < 4.78 is 0. The van der Waals surface area contributed by atoms with Gasteiger partial charge in [-0.2, -0.15) is 0 Å². The van der Waals surface area contributed by atoms with Gasteiger partial charge in [0.25, 0.3) is 0 Å². The van der Waals surface area contributed by atoms with Crippen LogP contribution in [0.1, 0.15) is 41.5 Å². The molecule has 0 bridgehead atoms. The maximum absolute atomic E-state index is 12.5. The number of amides is 2. The molecule has 0 unspecified atom stereocenters. The van der Waals surface area contributed by atoms with E-state index >= 15 is 0 Å². The van der Waals surface area contributed by atoms with Crippen LogP contribution in [-0.4, -0.2) is 71.9 Å². The highest BCUT2D eigenvalue weighted by Crippen LogP contribution is 2.24. The van der Waals surface area contributed by atoms with Gasteiger partial charge in [0.1, 0.15) is 0 Å². The van der Waals surface area contributed by atoms with Gasteiger partial charge in [0.2, 0.25) is 11.8 Å². The van der Waals surface area contributed by atoms with Gasteiger partial charge in [-0.25, -0.2) is 0 Å². The molecule has 24 heavy (non-hydrogen) atoms. The van der Waals surface area contributed by atoms with Crippen LogP contribution in [0.2, 0.25) is 0 Å². The summed E-state index contributed by atoms with van der Waals surface area (Å²) in [5.74, 6) is 0.562. The minimum absolute atomic E-state index is 0. The van der Waals surface area contributed by atoms with Crippen LogP contribution in [0.25, 0.3) is 0 Å². The Labute approximate surface area is 162 Å². The van der Waals surface area contributed by atoms with E-state index in [1.807, 2.05) is 37.5 Å². The Balaban J connectivity index is 0.00000529. The Kier molecular flexibility index (Phi) is 9.01. The first-order chi connectivity index (χ1) is 10.6. The summed E-state index contributed by atoms with van der Waals surface area (Å²) in [6.07, 6.45) is 0. The molecule has 140 valence electrons. The normalized spacial score (nSPS) is 17.9. The SMILES string of the molecule is CN=C(NCC(=O)NC(C)C)N1CC(=O)N(C(C)C)C(C)(C)C1.I. The van der Waals surface area contributed by atoms with Crippen molar-refractivity contribution in [3.8, 4) is 0 Å². The molecule has 0 atom stereocenters. The van der Waals surface area contributed by atoms with E-state index in [4.69, 9.17) is 0 Å². The van der Waals surface area contributed by atoms with Gasteiger partial charge in [0.15, 0.2) is 5.96 Å². The van der Waals surface area contributed by atoms with Crippen LogP contribution in [-0.2, 0) is 9.59 Å². The number of hydrogen-bond donors (Lipinski definition) is 2. The monoisotopic (exact) mass is 453 g/mol. The summed E-state index contributed by atoms with van der Waals surface area (Å²) in [6, 6.07) is 0.257. The Hall–Kier alpha value is -1.06. The summed E-state index contributed by atoms with van der Waals surface area (Å²) in [5, 5.41) is 5.86. The van der Waals surface area contributed by atoms with Crippen molar-refractivity contribution in [3.63, 3.8) is 0 Å². The summed E-state index contributed by atoms with van der Waals surface area (Å²) >= 11 is 0. The fourth-order valence-corrected chi connectivity index (χ4v) is 3.18. The molecule has 1 fully saturated rings. The third-order valence-electron chi connectivity index (χ3n) is 3.71. The molecular weight excluding hydrogens is 421 g/mol. The zero-order chi connectivity index (χ0) is 17.8. The van der Waals surface area contributed by atoms with E-state index < -0.39 is 0 Å². The van der Waals surface area contributed by atoms with Crippen molar-refractivity contribution in [2.24, 2.45) is 4.99 Å². The van der Waals surface area contributed by atoms with Crippen LogP contribution < -0.4 is 10.6 Å². The molecule has 1 aliphatic rings. The minimum atomic E-state index is -0.290. The molecule has 0 aromatic carbocycles. The molecule has 0 radical (unpaired) electrons. The van der Waals surface area contributed by atoms with Crippen LogP contribution >= 0.6 is 24.0 Å². The van der Waals surface area contributed by atoms with Gasteiger partial charge in [0, 0.05) is 25.7 Å². The van der Waals surface area contributed by atoms with Crippen molar-refractivity contribution >= 4 is 41.8 Å². The fraction of sp³-hybridized carbons (Fsp3) is 0.812. The number of rotatable bonds is 4. The highest BCUT2D eigenvalue weighted by atomic mass is 127. The predicted molar refractivity (Wildman–Crippen MR) is 108 cm³/mol. The summed E-state index contributed by atoms with van der Waals surface area (Å²) in [5.41, 5.74) is -0.290. The molecule has 1 aliphatic heterocycles. The molecule has 2 N–H and O–H groups in total. The van der Waals surface area contributed by atoms with Crippen molar-refractivity contribution in [1.29, 1.82) is 0 Å². The van der Waals surface area contributed by atoms with E-state index in [2.05, 4.69) is 29.5 Å². The van der Waals surface area contributed by atoms with Gasteiger partial charge < -0.3 is 20.4 Å². The van der Waals surface area contributed by atoms with Crippen molar-refractivity contribution in [1.82, 2.24) is 20.4 Å². The molecular formula is C16H32IN5O2. The number of carbonyl (C=O) groups is 2. The average Bonchev–Trinajstić information content (AvgIpc) is 2.35. The van der Waals surface area contributed by atoms with E-state index in [0.29, 0.717) is 12.5 Å². The lowest BCUT2D eigenvalue weighted by Crippen LogP contribution is -2.66. The van der Waals surface area contributed by atoms with E-state index in [1.165, 1.54) is 0 Å². The number of guanidine groups is 1. The number of aliphatic imine (C=N–C) groups is 1. The van der Waals surface area contributed by atoms with Crippen LogP contribution in [0.15, 0.2) is 4.99 Å². The number of nitrogens with zero attached hydrogens (tertiary/aromatic N) is 3. The number of piperazine rings is 1. The molecule has 0 aliphatic carbocycles. The maximum atomic E-state index is 12.5. The highest BCUT2D eigenvalue weighted by Gasteiger charge is 2.40. The highest BCUT2D eigenvalue weighted by molar-refractivity contribution is 14.0. The first-order valence-corrected chi connectivity index (χ1v) is 8.15. The molecule has 7 nitrogen and oxygen atoms in total. The van der Waals surface area contributed by atoms with Crippen molar-refractivity contribution in [3.05, 3.63) is 0 Å².